The van der Waals surface area contributed by atoms with Gasteiger partial charge in [-0.3, -0.25) is 9.59 Å². The van der Waals surface area contributed by atoms with Crippen LogP contribution in [0.5, 0.6) is 11.5 Å². The summed E-state index contributed by atoms with van der Waals surface area (Å²) >= 11 is 0. The van der Waals surface area contributed by atoms with Crippen LogP contribution in [-0.2, 0) is 9.59 Å². The molecular formula is C24H23NO4. The molecule has 29 heavy (non-hydrogen) atoms. The van der Waals surface area contributed by atoms with Crippen molar-refractivity contribution in [2.24, 2.45) is 11.3 Å². The minimum absolute atomic E-state index is 0.0300. The fourth-order valence-corrected chi connectivity index (χ4v) is 4.78. The molecule has 1 N–H and O–H groups in total. The number of para-hydroxylation sites is 1. The van der Waals surface area contributed by atoms with Gasteiger partial charge in [0.1, 0.15) is 11.5 Å². The maximum atomic E-state index is 13.7. The number of hydrogen-bond donors (Lipinski definition) is 1. The van der Waals surface area contributed by atoms with E-state index in [0.717, 1.165) is 5.57 Å². The molecule has 2 aromatic rings. The number of fused-ring (bicyclic) bond motifs is 1. The number of aromatic hydroxyl groups is 1. The summed E-state index contributed by atoms with van der Waals surface area (Å²) in [7, 11) is 1.52. The van der Waals surface area contributed by atoms with Crippen LogP contribution < -0.4 is 9.64 Å². The van der Waals surface area contributed by atoms with E-state index in [-0.39, 0.29) is 17.6 Å². The van der Waals surface area contributed by atoms with Gasteiger partial charge in [0.05, 0.1) is 24.1 Å². The zero-order valence-corrected chi connectivity index (χ0v) is 16.5. The summed E-state index contributed by atoms with van der Waals surface area (Å²) in [6, 6.07) is 14.0. The van der Waals surface area contributed by atoms with Gasteiger partial charge in [0.2, 0.25) is 11.8 Å². The Morgan fingerprint density at radius 2 is 1.90 bits per heavy atom. The largest absolute Gasteiger partial charge is 0.508 e. The smallest absolute Gasteiger partial charge is 0.241 e. The Morgan fingerprint density at radius 3 is 2.55 bits per heavy atom. The molecule has 0 spiro atoms. The Hall–Kier alpha value is -3.34. The number of carbonyl (C=O) groups is 2. The van der Waals surface area contributed by atoms with Gasteiger partial charge in [-0.1, -0.05) is 43.0 Å². The standard InChI is InChI=1S/C24H23NO4/c1-4-15-13-14-17-22(27)25(16-9-6-5-7-10-16)23(28)24(17,2)21(15)20-18(26)11-8-12-19(20)29-3/h4-13,17,21,26H,1,14H2,2-3H3. The molecule has 3 unspecified atom stereocenters. The minimum Gasteiger partial charge on any atom is -0.508 e. The molecule has 5 nitrogen and oxygen atoms in total. The fraction of sp³-hybridized carbons (Fsp3) is 0.250. The van der Waals surface area contributed by atoms with E-state index in [9.17, 15) is 14.7 Å². The summed E-state index contributed by atoms with van der Waals surface area (Å²) in [5.74, 6) is -1.08. The van der Waals surface area contributed by atoms with E-state index in [0.29, 0.717) is 23.4 Å². The van der Waals surface area contributed by atoms with Crippen molar-refractivity contribution in [2.45, 2.75) is 19.3 Å². The Morgan fingerprint density at radius 1 is 1.17 bits per heavy atom. The van der Waals surface area contributed by atoms with Crippen LogP contribution in [0.3, 0.4) is 0 Å². The zero-order chi connectivity index (χ0) is 20.8. The van der Waals surface area contributed by atoms with Crippen molar-refractivity contribution < 1.29 is 19.4 Å². The van der Waals surface area contributed by atoms with Crippen LogP contribution in [0.15, 0.2) is 72.8 Å². The molecule has 4 rings (SSSR count). The van der Waals surface area contributed by atoms with Crippen LogP contribution in [-0.4, -0.2) is 24.0 Å². The molecule has 0 bridgehead atoms. The summed E-state index contributed by atoms with van der Waals surface area (Å²) in [6.07, 6.45) is 4.08. The molecule has 1 saturated heterocycles. The quantitative estimate of drug-likeness (QED) is 0.796. The maximum Gasteiger partial charge on any atom is 0.241 e. The summed E-state index contributed by atoms with van der Waals surface area (Å²) < 4.78 is 5.51. The van der Waals surface area contributed by atoms with E-state index in [2.05, 4.69) is 6.58 Å². The molecule has 2 amide bonds. The molecule has 2 aliphatic rings. The van der Waals surface area contributed by atoms with E-state index < -0.39 is 17.3 Å². The highest BCUT2D eigenvalue weighted by Crippen LogP contribution is 2.59. The summed E-state index contributed by atoms with van der Waals surface area (Å²) in [4.78, 5) is 28.4. The van der Waals surface area contributed by atoms with Gasteiger partial charge in [0.25, 0.3) is 0 Å². The third-order valence-electron chi connectivity index (χ3n) is 6.23. The van der Waals surface area contributed by atoms with E-state index in [1.165, 1.54) is 12.0 Å². The lowest BCUT2D eigenvalue weighted by Crippen LogP contribution is -2.41. The van der Waals surface area contributed by atoms with Crippen LogP contribution >= 0.6 is 0 Å². The van der Waals surface area contributed by atoms with Gasteiger partial charge >= 0.3 is 0 Å². The Kier molecular flexibility index (Phi) is 4.53. The van der Waals surface area contributed by atoms with Crippen molar-refractivity contribution in [3.8, 4) is 11.5 Å². The van der Waals surface area contributed by atoms with Crippen LogP contribution in [0.1, 0.15) is 24.8 Å². The highest BCUT2D eigenvalue weighted by Gasteiger charge is 2.62. The number of amides is 2. The third kappa shape index (κ3) is 2.61. The highest BCUT2D eigenvalue weighted by molar-refractivity contribution is 6.24. The normalized spacial score (nSPS) is 26.1. The van der Waals surface area contributed by atoms with Gasteiger partial charge in [0.15, 0.2) is 0 Å². The van der Waals surface area contributed by atoms with Crippen LogP contribution in [0.25, 0.3) is 0 Å². The van der Waals surface area contributed by atoms with Crippen LogP contribution in [0.2, 0.25) is 0 Å². The number of phenols is 1. The first-order chi connectivity index (χ1) is 13.9. The van der Waals surface area contributed by atoms with Crippen molar-refractivity contribution in [3.63, 3.8) is 0 Å². The number of rotatable bonds is 4. The third-order valence-corrected chi connectivity index (χ3v) is 6.23. The van der Waals surface area contributed by atoms with Crippen molar-refractivity contribution in [1.82, 2.24) is 0 Å². The van der Waals surface area contributed by atoms with E-state index in [4.69, 9.17) is 4.74 Å². The number of ether oxygens (including phenoxy) is 1. The molecule has 1 aliphatic carbocycles. The second-order valence-corrected chi connectivity index (χ2v) is 7.62. The molecule has 3 atom stereocenters. The van der Waals surface area contributed by atoms with Gasteiger partial charge in [-0.05, 0) is 43.2 Å². The number of allylic oxidation sites excluding steroid dienone is 3. The number of hydrogen-bond acceptors (Lipinski definition) is 4. The SMILES string of the molecule is C=CC1=CCC2C(=O)N(c3ccccc3)C(=O)C2(C)C1c1c(O)cccc1OC. The molecule has 5 heteroatoms. The average molecular weight is 389 g/mol. The molecule has 148 valence electrons. The maximum absolute atomic E-state index is 13.7. The fourth-order valence-electron chi connectivity index (χ4n) is 4.78. The number of benzene rings is 2. The molecule has 0 radical (unpaired) electrons. The number of phenolic OH excluding ortho intramolecular Hbond substituents is 1. The molecule has 0 saturated carbocycles. The van der Waals surface area contributed by atoms with Gasteiger partial charge < -0.3 is 9.84 Å². The van der Waals surface area contributed by atoms with Gasteiger partial charge in [0, 0.05) is 11.5 Å². The number of imide groups is 1. The lowest BCUT2D eigenvalue weighted by Gasteiger charge is -2.40. The number of methoxy groups -OCH3 is 1. The monoisotopic (exact) mass is 389 g/mol. The first-order valence-corrected chi connectivity index (χ1v) is 9.57. The van der Waals surface area contributed by atoms with Crippen LogP contribution in [0, 0.1) is 11.3 Å². The molecular weight excluding hydrogens is 366 g/mol. The first-order valence-electron chi connectivity index (χ1n) is 9.57. The second kappa shape index (κ2) is 6.92. The Labute approximate surface area is 169 Å². The molecule has 1 aliphatic heterocycles. The van der Waals surface area contributed by atoms with Gasteiger partial charge in [-0.25, -0.2) is 4.90 Å². The highest BCUT2D eigenvalue weighted by atomic mass is 16.5. The Balaban J connectivity index is 1.93. The van der Waals surface area contributed by atoms with Gasteiger partial charge in [-0.15, -0.1) is 0 Å². The molecule has 1 heterocycles. The van der Waals surface area contributed by atoms with Crippen molar-refractivity contribution >= 4 is 17.5 Å². The molecule has 2 aromatic carbocycles. The first kappa shape index (κ1) is 19.0. The van der Waals surface area contributed by atoms with E-state index in [1.807, 2.05) is 19.1 Å². The number of anilines is 1. The predicted octanol–water partition coefficient (Wildman–Crippen LogP) is 4.20. The molecule has 0 aromatic heterocycles. The number of carbonyl (C=O) groups excluding carboxylic acids is 2. The van der Waals surface area contributed by atoms with Crippen molar-refractivity contribution in [3.05, 3.63) is 78.4 Å². The van der Waals surface area contributed by atoms with E-state index in [1.54, 1.807) is 48.5 Å². The second-order valence-electron chi connectivity index (χ2n) is 7.62. The lowest BCUT2D eigenvalue weighted by molar-refractivity contribution is -0.127. The minimum atomic E-state index is -1.07. The summed E-state index contributed by atoms with van der Waals surface area (Å²) in [5, 5.41) is 10.7. The van der Waals surface area contributed by atoms with Crippen molar-refractivity contribution in [2.75, 3.05) is 12.0 Å². The zero-order valence-electron chi connectivity index (χ0n) is 16.5. The molecule has 1 fully saturated rings. The van der Waals surface area contributed by atoms with E-state index >= 15 is 0 Å². The average Bonchev–Trinajstić information content (AvgIpc) is 2.93. The number of nitrogens with zero attached hydrogens (tertiary/aromatic N) is 1. The van der Waals surface area contributed by atoms with Crippen molar-refractivity contribution in [1.29, 1.82) is 0 Å². The van der Waals surface area contributed by atoms with Gasteiger partial charge in [-0.2, -0.15) is 0 Å². The topological polar surface area (TPSA) is 66.8 Å². The Bertz CT molecular complexity index is 1030. The summed E-state index contributed by atoms with van der Waals surface area (Å²) in [6.45, 7) is 5.72. The predicted molar refractivity (Wildman–Crippen MR) is 111 cm³/mol. The van der Waals surface area contributed by atoms with Crippen LogP contribution in [0.4, 0.5) is 5.69 Å². The summed E-state index contributed by atoms with van der Waals surface area (Å²) in [5.41, 5.74) is 0.794. The lowest BCUT2D eigenvalue weighted by atomic mass is 9.59.